The third-order valence-electron chi connectivity index (χ3n) is 9.26. The second-order valence-corrected chi connectivity index (χ2v) is 13.1. The highest BCUT2D eigenvalue weighted by Gasteiger charge is 2.06. The van der Waals surface area contributed by atoms with Gasteiger partial charge >= 0.3 is 0 Å². The second-order valence-electron chi connectivity index (χ2n) is 13.1. The van der Waals surface area contributed by atoms with Crippen LogP contribution in [-0.4, -0.2) is 0 Å². The van der Waals surface area contributed by atoms with Gasteiger partial charge in [0, 0.05) is 0 Å². The zero-order chi connectivity index (χ0) is 27.6. The van der Waals surface area contributed by atoms with E-state index in [4.69, 9.17) is 0 Å². The van der Waals surface area contributed by atoms with Gasteiger partial charge in [-0.2, -0.15) is 0 Å². The van der Waals surface area contributed by atoms with E-state index in [2.05, 4.69) is 20.8 Å². The molecule has 0 bridgehead atoms. The van der Waals surface area contributed by atoms with Crippen LogP contribution in [0.4, 0.5) is 0 Å². The van der Waals surface area contributed by atoms with E-state index in [-0.39, 0.29) is 0 Å². The number of hydrogen-bond acceptors (Lipinski definition) is 0. The molecule has 0 heterocycles. The summed E-state index contributed by atoms with van der Waals surface area (Å²) in [4.78, 5) is 0. The van der Waals surface area contributed by atoms with Crippen molar-refractivity contribution in [2.45, 2.75) is 239 Å². The van der Waals surface area contributed by atoms with Gasteiger partial charge in [0.2, 0.25) is 0 Å². The fraction of sp³-hybridized carbons (Fsp3) is 1.00. The van der Waals surface area contributed by atoms with Crippen LogP contribution in [0.3, 0.4) is 0 Å². The van der Waals surface area contributed by atoms with Crippen molar-refractivity contribution >= 4 is 0 Å². The van der Waals surface area contributed by atoms with Crippen LogP contribution in [0.1, 0.15) is 239 Å². The summed E-state index contributed by atoms with van der Waals surface area (Å²) in [5.41, 5.74) is 0. The van der Waals surface area contributed by atoms with Gasteiger partial charge in [0.05, 0.1) is 0 Å². The van der Waals surface area contributed by atoms with E-state index in [1.807, 2.05) is 0 Å². The molecule has 0 fully saturated rings. The van der Waals surface area contributed by atoms with Gasteiger partial charge in [-0.1, -0.05) is 239 Å². The first-order valence-corrected chi connectivity index (χ1v) is 18.8. The summed E-state index contributed by atoms with van der Waals surface area (Å²) in [6, 6.07) is 0. The minimum Gasteiger partial charge on any atom is -0.0654 e. The Hall–Kier alpha value is 0. The Bertz CT molecular complexity index is 385. The Morgan fingerprint density at radius 1 is 0.237 bits per heavy atom. The summed E-state index contributed by atoms with van der Waals surface area (Å²) in [6.45, 7) is 7.05. The van der Waals surface area contributed by atoms with Crippen molar-refractivity contribution in [3.63, 3.8) is 0 Å². The highest BCUT2D eigenvalue weighted by Crippen LogP contribution is 2.22. The molecular formula is C38H78. The second kappa shape index (κ2) is 35.0. The molecule has 0 heteroatoms. The lowest BCUT2D eigenvalue weighted by molar-refractivity contribution is 0.392. The predicted octanol–water partition coefficient (Wildman–Crippen LogP) is 14.9. The van der Waals surface area contributed by atoms with Crippen LogP contribution >= 0.6 is 0 Å². The van der Waals surface area contributed by atoms with Crippen molar-refractivity contribution in [3.8, 4) is 0 Å². The molecule has 0 aliphatic carbocycles. The summed E-state index contributed by atoms with van der Waals surface area (Å²) in [5, 5.41) is 0. The molecule has 0 aliphatic heterocycles. The van der Waals surface area contributed by atoms with E-state index >= 15 is 0 Å². The molecule has 0 aromatic rings. The lowest BCUT2D eigenvalue weighted by Crippen LogP contribution is -1.99. The Morgan fingerprint density at radius 3 is 0.605 bits per heavy atom. The quantitative estimate of drug-likeness (QED) is 0.0720. The lowest BCUT2D eigenvalue weighted by atomic mass is 9.92. The monoisotopic (exact) mass is 535 g/mol. The minimum atomic E-state index is 1.02. The number of unbranched alkanes of at least 4 members (excludes halogenated alkanes) is 29. The Kier molecular flexibility index (Phi) is 35.0. The van der Waals surface area contributed by atoms with Crippen molar-refractivity contribution in [1.29, 1.82) is 0 Å². The molecular weight excluding hydrogens is 456 g/mol. The maximum Gasteiger partial charge on any atom is -0.0417 e. The van der Waals surface area contributed by atoms with Gasteiger partial charge in [-0.15, -0.1) is 0 Å². The van der Waals surface area contributed by atoms with Gasteiger partial charge < -0.3 is 0 Å². The van der Waals surface area contributed by atoms with Gasteiger partial charge in [0.25, 0.3) is 0 Å². The summed E-state index contributed by atoms with van der Waals surface area (Å²) in [7, 11) is 0. The molecule has 0 spiro atoms. The van der Waals surface area contributed by atoms with E-state index in [1.165, 1.54) is 218 Å². The zero-order valence-electron chi connectivity index (χ0n) is 27.6. The summed E-state index contributed by atoms with van der Waals surface area (Å²) in [6.07, 6.45) is 50.3. The molecule has 0 aromatic carbocycles. The molecule has 1 atom stereocenters. The highest BCUT2D eigenvalue weighted by atomic mass is 14.1. The Balaban J connectivity index is 3.23. The third-order valence-corrected chi connectivity index (χ3v) is 9.26. The van der Waals surface area contributed by atoms with E-state index in [9.17, 15) is 0 Å². The molecule has 1 unspecified atom stereocenters. The molecule has 0 N–H and O–H groups in total. The van der Waals surface area contributed by atoms with Crippen LogP contribution in [0, 0.1) is 5.92 Å². The summed E-state index contributed by atoms with van der Waals surface area (Å²) >= 11 is 0. The molecule has 230 valence electrons. The minimum absolute atomic E-state index is 1.02. The molecule has 0 aromatic heterocycles. The summed E-state index contributed by atoms with van der Waals surface area (Å²) < 4.78 is 0. The van der Waals surface area contributed by atoms with Gasteiger partial charge in [0.1, 0.15) is 0 Å². The smallest absolute Gasteiger partial charge is 0.0417 e. The van der Waals surface area contributed by atoms with Gasteiger partial charge in [-0.3, -0.25) is 0 Å². The first-order valence-electron chi connectivity index (χ1n) is 18.8. The zero-order valence-corrected chi connectivity index (χ0v) is 27.6. The molecule has 38 heavy (non-hydrogen) atoms. The first-order chi connectivity index (χ1) is 18.8. The fourth-order valence-corrected chi connectivity index (χ4v) is 6.34. The normalized spacial score (nSPS) is 12.4. The Labute approximate surface area is 244 Å². The van der Waals surface area contributed by atoms with Crippen LogP contribution in [0.5, 0.6) is 0 Å². The predicted molar refractivity (Wildman–Crippen MR) is 177 cm³/mol. The van der Waals surface area contributed by atoms with Crippen molar-refractivity contribution in [3.05, 3.63) is 0 Å². The van der Waals surface area contributed by atoms with Crippen LogP contribution in [0.25, 0.3) is 0 Å². The summed E-state index contributed by atoms with van der Waals surface area (Å²) in [5.74, 6) is 1.02. The van der Waals surface area contributed by atoms with E-state index in [0.29, 0.717) is 0 Å². The number of hydrogen-bond donors (Lipinski definition) is 0. The molecule has 0 radical (unpaired) electrons. The lowest BCUT2D eigenvalue weighted by Gasteiger charge is -2.14. The molecule has 0 rings (SSSR count). The molecule has 0 nitrogen and oxygen atoms in total. The van der Waals surface area contributed by atoms with E-state index in [1.54, 1.807) is 0 Å². The van der Waals surface area contributed by atoms with Crippen molar-refractivity contribution in [2.75, 3.05) is 0 Å². The fourth-order valence-electron chi connectivity index (χ4n) is 6.34. The van der Waals surface area contributed by atoms with Crippen LogP contribution in [0.15, 0.2) is 0 Å². The highest BCUT2D eigenvalue weighted by molar-refractivity contribution is 4.59. The van der Waals surface area contributed by atoms with Crippen molar-refractivity contribution in [1.82, 2.24) is 0 Å². The van der Waals surface area contributed by atoms with Gasteiger partial charge in [-0.25, -0.2) is 0 Å². The van der Waals surface area contributed by atoms with Crippen molar-refractivity contribution in [2.24, 2.45) is 5.92 Å². The van der Waals surface area contributed by atoms with Crippen LogP contribution < -0.4 is 0 Å². The molecule has 0 aliphatic rings. The molecule has 0 amide bonds. The first kappa shape index (κ1) is 38.0. The number of rotatable bonds is 34. The van der Waals surface area contributed by atoms with Gasteiger partial charge in [-0.05, 0) is 5.92 Å². The largest absolute Gasteiger partial charge is 0.0654 e. The maximum absolute atomic E-state index is 2.43. The third kappa shape index (κ3) is 32.2. The van der Waals surface area contributed by atoms with Gasteiger partial charge in [0.15, 0.2) is 0 Å². The standard InChI is InChI=1S/C38H78/c1-4-7-9-11-13-15-17-19-20-21-22-23-24-25-27-29-31-33-35-37-38(6-3)36-34-32-30-28-26-18-16-14-12-10-8-5-2/h38H,4-37H2,1-3H3. The van der Waals surface area contributed by atoms with E-state index in [0.717, 1.165) is 5.92 Å². The SMILES string of the molecule is CCCCCCCCCCCCCCCCCCCCCC(CC)CCCCCCCCCCCCCC. The average Bonchev–Trinajstić information content (AvgIpc) is 2.93. The average molecular weight is 535 g/mol. The van der Waals surface area contributed by atoms with Crippen molar-refractivity contribution < 1.29 is 0 Å². The van der Waals surface area contributed by atoms with Crippen LogP contribution in [-0.2, 0) is 0 Å². The topological polar surface area (TPSA) is 0 Å². The Morgan fingerprint density at radius 2 is 0.421 bits per heavy atom. The van der Waals surface area contributed by atoms with E-state index < -0.39 is 0 Å². The maximum atomic E-state index is 2.43. The molecule has 0 saturated heterocycles. The molecule has 0 saturated carbocycles. The van der Waals surface area contributed by atoms with Crippen LogP contribution in [0.2, 0.25) is 0 Å².